The highest BCUT2D eigenvalue weighted by Gasteiger charge is 2.12. The predicted molar refractivity (Wildman–Crippen MR) is 108 cm³/mol. The minimum Gasteiger partial charge on any atom is -0.823 e. The first-order valence-corrected chi connectivity index (χ1v) is 9.81. The van der Waals surface area contributed by atoms with Gasteiger partial charge in [-0.2, -0.15) is 0 Å². The minimum atomic E-state index is -0.108. The maximum absolute atomic E-state index is 12.9. The lowest BCUT2D eigenvalue weighted by atomic mass is 10.1. The van der Waals surface area contributed by atoms with Crippen molar-refractivity contribution >= 4 is 19.0 Å². The number of rotatable bonds is 10. The van der Waals surface area contributed by atoms with Gasteiger partial charge in [-0.1, -0.05) is 33.4 Å². The van der Waals surface area contributed by atoms with Crippen molar-refractivity contribution < 1.29 is 24.1 Å². The largest absolute Gasteiger partial charge is 0.823 e. The topological polar surface area (TPSA) is 60.0 Å². The third-order valence-electron chi connectivity index (χ3n) is 4.01. The minimum absolute atomic E-state index is 0.108. The third-order valence-corrected chi connectivity index (χ3v) is 5.00. The summed E-state index contributed by atoms with van der Waals surface area (Å²) in [4.78, 5) is 0. The molecule has 0 amide bonds. The molecule has 0 aliphatic heterocycles. The smallest absolute Gasteiger partial charge is 0.132 e. The standard InChI is InChI=1S/C21H27O5P/c1-5-6-7-12-26-15-8-10-17(11-9-15)27-21(22)20-18(24-3)13-16(23-2)14-19(20)25-4/h8-11,13-14,22H,5-7,12H2,1-4H3/p-1. The summed E-state index contributed by atoms with van der Waals surface area (Å²) in [6.45, 7) is 2.88. The van der Waals surface area contributed by atoms with Crippen LogP contribution >= 0.6 is 8.20 Å². The Labute approximate surface area is 162 Å². The van der Waals surface area contributed by atoms with Crippen LogP contribution in [0.1, 0.15) is 31.7 Å². The van der Waals surface area contributed by atoms with E-state index in [2.05, 4.69) is 6.92 Å². The maximum atomic E-state index is 12.9. The van der Waals surface area contributed by atoms with Gasteiger partial charge in [-0.25, -0.2) is 0 Å². The Morgan fingerprint density at radius 3 is 2.04 bits per heavy atom. The molecule has 27 heavy (non-hydrogen) atoms. The summed E-state index contributed by atoms with van der Waals surface area (Å²) in [7, 11) is 5.13. The van der Waals surface area contributed by atoms with Crippen LogP contribution in [0, 0.1) is 0 Å². The second-order valence-electron chi connectivity index (χ2n) is 5.87. The zero-order chi connectivity index (χ0) is 19.6. The van der Waals surface area contributed by atoms with Crippen molar-refractivity contribution in [2.75, 3.05) is 27.9 Å². The number of ether oxygens (including phenoxy) is 4. The van der Waals surface area contributed by atoms with Gasteiger partial charge in [-0.15, -0.1) is 0 Å². The first-order valence-electron chi connectivity index (χ1n) is 8.91. The van der Waals surface area contributed by atoms with Crippen molar-refractivity contribution in [1.29, 1.82) is 0 Å². The molecule has 5 nitrogen and oxygen atoms in total. The van der Waals surface area contributed by atoms with E-state index in [1.54, 1.807) is 19.2 Å². The van der Waals surface area contributed by atoms with Crippen molar-refractivity contribution in [2.45, 2.75) is 26.2 Å². The molecule has 0 radical (unpaired) electrons. The Balaban J connectivity index is 2.21. The number of benzene rings is 2. The van der Waals surface area contributed by atoms with E-state index in [9.17, 15) is 5.11 Å². The summed E-state index contributed by atoms with van der Waals surface area (Å²) in [5, 5.41) is 13.7. The van der Waals surface area contributed by atoms with Gasteiger partial charge in [0.15, 0.2) is 0 Å². The zero-order valence-electron chi connectivity index (χ0n) is 16.3. The number of hydrogen-bond acceptors (Lipinski definition) is 5. The van der Waals surface area contributed by atoms with Crippen LogP contribution in [0.15, 0.2) is 36.4 Å². The van der Waals surface area contributed by atoms with Gasteiger partial charge in [-0.3, -0.25) is 0 Å². The number of methoxy groups -OCH3 is 3. The average molecular weight is 389 g/mol. The van der Waals surface area contributed by atoms with Gasteiger partial charge in [0.05, 0.1) is 33.5 Å². The lowest BCUT2D eigenvalue weighted by Gasteiger charge is -2.20. The fourth-order valence-corrected chi connectivity index (χ4v) is 3.41. The summed E-state index contributed by atoms with van der Waals surface area (Å²) in [5.41, 5.74) is 0.297. The third kappa shape index (κ3) is 5.88. The Hall–Kier alpha value is -2.23. The highest BCUT2D eigenvalue weighted by Crippen LogP contribution is 2.34. The number of unbranched alkanes of at least 4 members (excludes halogenated alkanes) is 2. The van der Waals surface area contributed by atoms with Gasteiger partial charge in [0.2, 0.25) is 0 Å². The first kappa shape index (κ1) is 21.1. The Morgan fingerprint density at radius 2 is 1.52 bits per heavy atom. The Morgan fingerprint density at radius 1 is 0.889 bits per heavy atom. The van der Waals surface area contributed by atoms with E-state index in [0.717, 1.165) is 23.9 Å². The van der Waals surface area contributed by atoms with Crippen molar-refractivity contribution in [1.82, 2.24) is 0 Å². The highest BCUT2D eigenvalue weighted by atomic mass is 31.1. The molecular weight excluding hydrogens is 363 g/mol. The Bertz CT molecular complexity index is 731. The van der Waals surface area contributed by atoms with Crippen LogP contribution in [0.3, 0.4) is 0 Å². The molecule has 146 valence electrons. The van der Waals surface area contributed by atoms with E-state index in [0.29, 0.717) is 37.6 Å². The Kier molecular flexibility index (Phi) is 8.43. The van der Waals surface area contributed by atoms with Gasteiger partial charge in [-0.05, 0) is 30.7 Å². The molecule has 6 heteroatoms. The molecule has 0 N–H and O–H groups in total. The highest BCUT2D eigenvalue weighted by molar-refractivity contribution is 7.49. The normalized spacial score (nSPS) is 11.2. The van der Waals surface area contributed by atoms with Crippen LogP contribution in [-0.2, 0) is 0 Å². The van der Waals surface area contributed by atoms with Crippen LogP contribution in [-0.4, -0.2) is 33.4 Å². The van der Waals surface area contributed by atoms with E-state index >= 15 is 0 Å². The van der Waals surface area contributed by atoms with Gasteiger partial charge in [0, 0.05) is 17.4 Å². The fraction of sp³-hybridized carbons (Fsp3) is 0.381. The molecule has 0 aliphatic carbocycles. The summed E-state index contributed by atoms with van der Waals surface area (Å²) in [5.74, 6) is 2.25. The van der Waals surface area contributed by atoms with Crippen LogP contribution in [0.4, 0.5) is 0 Å². The van der Waals surface area contributed by atoms with E-state index in [1.807, 2.05) is 24.3 Å². The quantitative estimate of drug-likeness (QED) is 0.461. The van der Waals surface area contributed by atoms with Crippen LogP contribution < -0.4 is 29.4 Å². The van der Waals surface area contributed by atoms with Gasteiger partial charge in [0.1, 0.15) is 23.0 Å². The monoisotopic (exact) mass is 389 g/mol. The lowest BCUT2D eigenvalue weighted by molar-refractivity contribution is -0.207. The molecule has 0 saturated carbocycles. The summed E-state index contributed by atoms with van der Waals surface area (Å²) < 4.78 is 21.7. The summed E-state index contributed by atoms with van der Waals surface area (Å²) in [6.07, 6.45) is 3.38. The summed E-state index contributed by atoms with van der Waals surface area (Å²) >= 11 is 0. The molecule has 2 aromatic carbocycles. The molecule has 2 aromatic rings. The molecule has 0 fully saturated rings. The molecular formula is C21H26O5P-. The van der Waals surface area contributed by atoms with Gasteiger partial charge < -0.3 is 24.1 Å². The lowest BCUT2D eigenvalue weighted by Crippen LogP contribution is -2.20. The van der Waals surface area contributed by atoms with Crippen molar-refractivity contribution in [2.24, 2.45) is 0 Å². The van der Waals surface area contributed by atoms with E-state index < -0.39 is 0 Å². The molecule has 0 heterocycles. The molecule has 0 bridgehead atoms. The number of hydrogen-bond donors (Lipinski definition) is 0. The first-order chi connectivity index (χ1) is 13.1. The van der Waals surface area contributed by atoms with Gasteiger partial charge >= 0.3 is 0 Å². The molecule has 2 rings (SSSR count). The van der Waals surface area contributed by atoms with Crippen LogP contribution in [0.2, 0.25) is 0 Å². The van der Waals surface area contributed by atoms with Gasteiger partial charge in [0.25, 0.3) is 0 Å². The van der Waals surface area contributed by atoms with Crippen LogP contribution in [0.5, 0.6) is 23.0 Å². The second-order valence-corrected chi connectivity index (χ2v) is 7.02. The molecule has 0 atom stereocenters. The van der Waals surface area contributed by atoms with E-state index in [-0.39, 0.29) is 5.48 Å². The van der Waals surface area contributed by atoms with Crippen molar-refractivity contribution in [3.05, 3.63) is 42.0 Å². The van der Waals surface area contributed by atoms with Crippen LogP contribution in [0.25, 0.3) is 0 Å². The maximum Gasteiger partial charge on any atom is 0.132 e. The molecule has 0 unspecified atom stereocenters. The molecule has 0 aliphatic rings. The van der Waals surface area contributed by atoms with E-state index in [4.69, 9.17) is 18.9 Å². The average Bonchev–Trinajstić information content (AvgIpc) is 2.71. The molecule has 0 saturated heterocycles. The van der Waals surface area contributed by atoms with Crippen molar-refractivity contribution in [3.8, 4) is 23.0 Å². The summed E-state index contributed by atoms with van der Waals surface area (Å²) in [6, 6.07) is 10.9. The second kappa shape index (κ2) is 10.8. The SMILES string of the molecule is CCCCCOc1ccc(P=C([O-])c2c(OC)cc(OC)cc2OC)cc1. The zero-order valence-corrected chi connectivity index (χ0v) is 17.2. The van der Waals surface area contributed by atoms with Crippen molar-refractivity contribution in [3.63, 3.8) is 0 Å². The fourth-order valence-electron chi connectivity index (χ4n) is 2.55. The van der Waals surface area contributed by atoms with E-state index in [1.165, 1.54) is 20.6 Å². The molecule has 0 spiro atoms. The molecule has 0 aromatic heterocycles. The predicted octanol–water partition coefficient (Wildman–Crippen LogP) is 3.39.